The van der Waals surface area contributed by atoms with Crippen LogP contribution in [0, 0.1) is 0 Å². The van der Waals surface area contributed by atoms with Gasteiger partial charge in [0.05, 0.1) is 19.3 Å². The number of aliphatic hydroxyl groups is 1. The van der Waals surface area contributed by atoms with Gasteiger partial charge in [0.15, 0.2) is 0 Å². The SMILES string of the molecule is CN(C1CCOC1)S(=O)(=O)c1cc(CO)cs1. The number of nitrogens with zero attached hydrogens (tertiary/aromatic N) is 1. The number of ether oxygens (including phenoxy) is 1. The first-order valence-electron chi connectivity index (χ1n) is 5.29. The molecule has 96 valence electrons. The second kappa shape index (κ2) is 5.03. The van der Waals surface area contributed by atoms with E-state index in [-0.39, 0.29) is 16.9 Å². The maximum atomic E-state index is 12.2. The highest BCUT2D eigenvalue weighted by Crippen LogP contribution is 2.26. The number of likely N-dealkylation sites (N-methyl/N-ethyl adjacent to an activating group) is 1. The molecule has 0 spiro atoms. The molecule has 0 aromatic carbocycles. The minimum Gasteiger partial charge on any atom is -0.392 e. The molecule has 17 heavy (non-hydrogen) atoms. The maximum absolute atomic E-state index is 12.2. The van der Waals surface area contributed by atoms with E-state index in [4.69, 9.17) is 9.84 Å². The summed E-state index contributed by atoms with van der Waals surface area (Å²) >= 11 is 1.14. The molecule has 5 nitrogen and oxygen atoms in total. The van der Waals surface area contributed by atoms with Gasteiger partial charge in [-0.05, 0) is 23.4 Å². The zero-order valence-electron chi connectivity index (χ0n) is 9.50. The van der Waals surface area contributed by atoms with Gasteiger partial charge in [-0.1, -0.05) is 0 Å². The Bertz CT molecular complexity index is 476. The fourth-order valence-electron chi connectivity index (χ4n) is 1.72. The molecule has 1 fully saturated rings. The number of thiophene rings is 1. The van der Waals surface area contributed by atoms with Crippen LogP contribution < -0.4 is 0 Å². The molecule has 1 atom stereocenters. The van der Waals surface area contributed by atoms with E-state index in [9.17, 15) is 8.42 Å². The summed E-state index contributed by atoms with van der Waals surface area (Å²) in [5.41, 5.74) is 0.629. The summed E-state index contributed by atoms with van der Waals surface area (Å²) in [7, 11) is -1.87. The first kappa shape index (κ1) is 13.0. The molecular formula is C10H15NO4S2. The van der Waals surface area contributed by atoms with E-state index in [0.717, 1.165) is 17.8 Å². The van der Waals surface area contributed by atoms with Crippen LogP contribution in [0.15, 0.2) is 15.7 Å². The average molecular weight is 277 g/mol. The zero-order valence-corrected chi connectivity index (χ0v) is 11.1. The molecule has 1 aromatic heterocycles. The normalized spacial score (nSPS) is 21.2. The van der Waals surface area contributed by atoms with Crippen molar-refractivity contribution < 1.29 is 18.3 Å². The summed E-state index contributed by atoms with van der Waals surface area (Å²) in [4.78, 5) is 0. The van der Waals surface area contributed by atoms with Gasteiger partial charge in [-0.3, -0.25) is 0 Å². The Morgan fingerprint density at radius 3 is 2.94 bits per heavy atom. The average Bonchev–Trinajstić information content (AvgIpc) is 2.98. The van der Waals surface area contributed by atoms with Crippen molar-refractivity contribution in [2.45, 2.75) is 23.3 Å². The summed E-state index contributed by atoms with van der Waals surface area (Å²) in [5, 5.41) is 10.6. The second-order valence-electron chi connectivity index (χ2n) is 3.97. The summed E-state index contributed by atoms with van der Waals surface area (Å²) in [6, 6.07) is 1.44. The number of rotatable bonds is 4. The molecule has 0 aliphatic carbocycles. The Hall–Kier alpha value is -0.470. The summed E-state index contributed by atoms with van der Waals surface area (Å²) in [6.07, 6.45) is 0.730. The van der Waals surface area contributed by atoms with Crippen LogP contribution in [0.2, 0.25) is 0 Å². The third-order valence-corrected chi connectivity index (χ3v) is 6.24. The van der Waals surface area contributed by atoms with Gasteiger partial charge in [0.2, 0.25) is 0 Å². The van der Waals surface area contributed by atoms with Crippen molar-refractivity contribution in [1.82, 2.24) is 4.31 Å². The smallest absolute Gasteiger partial charge is 0.252 e. The fourth-order valence-corrected chi connectivity index (χ4v) is 4.47. The Morgan fingerprint density at radius 1 is 1.65 bits per heavy atom. The van der Waals surface area contributed by atoms with Crippen molar-refractivity contribution in [2.24, 2.45) is 0 Å². The highest BCUT2D eigenvalue weighted by atomic mass is 32.2. The molecule has 0 saturated carbocycles. The monoisotopic (exact) mass is 277 g/mol. The molecule has 1 aliphatic rings. The number of aliphatic hydroxyl groups excluding tert-OH is 1. The molecular weight excluding hydrogens is 262 g/mol. The van der Waals surface area contributed by atoms with Crippen LogP contribution in [0.3, 0.4) is 0 Å². The molecule has 7 heteroatoms. The molecule has 0 radical (unpaired) electrons. The standard InChI is InChI=1S/C10H15NO4S2/c1-11(9-2-3-15-6-9)17(13,14)10-4-8(5-12)7-16-10/h4,7,9,12H,2-3,5-6H2,1H3. The van der Waals surface area contributed by atoms with Crippen molar-refractivity contribution in [1.29, 1.82) is 0 Å². The van der Waals surface area contributed by atoms with Crippen molar-refractivity contribution in [3.63, 3.8) is 0 Å². The molecule has 0 amide bonds. The molecule has 1 unspecified atom stereocenters. The largest absolute Gasteiger partial charge is 0.392 e. The molecule has 1 saturated heterocycles. The van der Waals surface area contributed by atoms with E-state index >= 15 is 0 Å². The van der Waals surface area contributed by atoms with Crippen molar-refractivity contribution >= 4 is 21.4 Å². The van der Waals surface area contributed by atoms with Crippen LogP contribution >= 0.6 is 11.3 Å². The van der Waals surface area contributed by atoms with Crippen LogP contribution in [-0.2, 0) is 21.4 Å². The van der Waals surface area contributed by atoms with Gasteiger partial charge in [-0.15, -0.1) is 11.3 Å². The van der Waals surface area contributed by atoms with Crippen molar-refractivity contribution in [3.05, 3.63) is 17.0 Å². The second-order valence-corrected chi connectivity index (χ2v) is 7.11. The van der Waals surface area contributed by atoms with E-state index in [1.165, 1.54) is 10.4 Å². The molecule has 1 aliphatic heterocycles. The number of hydrogen-bond acceptors (Lipinski definition) is 5. The van der Waals surface area contributed by atoms with E-state index in [0.29, 0.717) is 18.8 Å². The third kappa shape index (κ3) is 2.53. The van der Waals surface area contributed by atoms with E-state index in [1.807, 2.05) is 0 Å². The highest BCUT2D eigenvalue weighted by molar-refractivity contribution is 7.91. The highest BCUT2D eigenvalue weighted by Gasteiger charge is 2.31. The Kier molecular flexibility index (Phi) is 3.84. The predicted molar refractivity (Wildman–Crippen MR) is 64.4 cm³/mol. The van der Waals surface area contributed by atoms with Crippen LogP contribution in [-0.4, -0.2) is 44.1 Å². The lowest BCUT2D eigenvalue weighted by Gasteiger charge is -2.21. The van der Waals surface area contributed by atoms with E-state index < -0.39 is 10.0 Å². The van der Waals surface area contributed by atoms with Crippen molar-refractivity contribution in [2.75, 3.05) is 20.3 Å². The van der Waals surface area contributed by atoms with E-state index in [2.05, 4.69) is 0 Å². The summed E-state index contributed by atoms with van der Waals surface area (Å²) in [5.74, 6) is 0. The first-order valence-corrected chi connectivity index (χ1v) is 7.61. The van der Waals surface area contributed by atoms with Crippen LogP contribution in [0.5, 0.6) is 0 Å². The van der Waals surface area contributed by atoms with Crippen LogP contribution in [0.25, 0.3) is 0 Å². The molecule has 1 N–H and O–H groups in total. The maximum Gasteiger partial charge on any atom is 0.252 e. The first-order chi connectivity index (χ1) is 8.05. The molecule has 1 aromatic rings. The molecule has 2 rings (SSSR count). The summed E-state index contributed by atoms with van der Waals surface area (Å²) < 4.78 is 31.3. The zero-order chi connectivity index (χ0) is 12.5. The quantitative estimate of drug-likeness (QED) is 0.877. The van der Waals surface area contributed by atoms with E-state index in [1.54, 1.807) is 12.4 Å². The Balaban J connectivity index is 2.22. The van der Waals surface area contributed by atoms with Gasteiger partial charge in [0.25, 0.3) is 10.0 Å². The van der Waals surface area contributed by atoms with Crippen molar-refractivity contribution in [3.8, 4) is 0 Å². The lowest BCUT2D eigenvalue weighted by atomic mass is 10.3. The fraction of sp³-hybridized carbons (Fsp3) is 0.600. The van der Waals surface area contributed by atoms with Gasteiger partial charge in [0.1, 0.15) is 4.21 Å². The molecule has 0 bridgehead atoms. The van der Waals surface area contributed by atoms with Gasteiger partial charge in [0, 0.05) is 13.7 Å². The van der Waals surface area contributed by atoms with Gasteiger partial charge >= 0.3 is 0 Å². The Labute approximate surface area is 105 Å². The predicted octanol–water partition coefficient (Wildman–Crippen LogP) is 0.650. The van der Waals surface area contributed by atoms with Gasteiger partial charge in [-0.2, -0.15) is 4.31 Å². The lowest BCUT2D eigenvalue weighted by Crippen LogP contribution is -2.36. The van der Waals surface area contributed by atoms with Crippen LogP contribution in [0.1, 0.15) is 12.0 Å². The molecule has 2 heterocycles. The minimum absolute atomic E-state index is 0.0836. The topological polar surface area (TPSA) is 66.8 Å². The Morgan fingerprint density at radius 2 is 2.41 bits per heavy atom. The minimum atomic E-state index is -3.45. The van der Waals surface area contributed by atoms with Gasteiger partial charge in [-0.25, -0.2) is 8.42 Å². The van der Waals surface area contributed by atoms with Gasteiger partial charge < -0.3 is 9.84 Å². The summed E-state index contributed by atoms with van der Waals surface area (Å²) in [6.45, 7) is 0.924. The lowest BCUT2D eigenvalue weighted by molar-refractivity contribution is 0.181. The number of sulfonamides is 1. The number of hydrogen-bond donors (Lipinski definition) is 1. The van der Waals surface area contributed by atoms with Crippen LogP contribution in [0.4, 0.5) is 0 Å². The third-order valence-electron chi connectivity index (χ3n) is 2.87.